The molecule has 1 aliphatic heterocycles. The number of hydrogen-bond donors (Lipinski definition) is 1. The van der Waals surface area contributed by atoms with E-state index in [0.29, 0.717) is 0 Å². The number of piperazine rings is 1. The first-order valence-electron chi connectivity index (χ1n) is 10.2. The molecule has 1 fully saturated rings. The molecule has 1 aromatic heterocycles. The first-order chi connectivity index (χ1) is 14.4. The zero-order valence-electron chi connectivity index (χ0n) is 17.2. The fourth-order valence-electron chi connectivity index (χ4n) is 3.96. The van der Waals surface area contributed by atoms with Gasteiger partial charge in [0.25, 0.3) is 0 Å². The predicted molar refractivity (Wildman–Crippen MR) is 125 cm³/mol. The van der Waals surface area contributed by atoms with E-state index in [1.165, 1.54) is 5.69 Å². The number of halogens is 1. The number of anilines is 2. The highest BCUT2D eigenvalue weighted by atomic mass is 35.5. The minimum absolute atomic E-state index is 0.00166. The van der Waals surface area contributed by atoms with Crippen molar-refractivity contribution in [3.05, 3.63) is 65.2 Å². The average Bonchev–Trinajstić information content (AvgIpc) is 3.12. The summed E-state index contributed by atoms with van der Waals surface area (Å²) in [4.78, 5) is 7.73. The number of nitrogens with zero attached hydrogens (tertiary/aromatic N) is 2. The van der Waals surface area contributed by atoms with Gasteiger partial charge in [-0.25, -0.2) is 8.42 Å². The fourth-order valence-corrected chi connectivity index (χ4v) is 5.47. The Morgan fingerprint density at radius 1 is 0.933 bits per heavy atom. The van der Waals surface area contributed by atoms with E-state index in [2.05, 4.69) is 26.9 Å². The molecule has 30 heavy (non-hydrogen) atoms. The van der Waals surface area contributed by atoms with Crippen molar-refractivity contribution in [2.45, 2.75) is 18.9 Å². The van der Waals surface area contributed by atoms with Gasteiger partial charge in [0.2, 0.25) is 0 Å². The second kappa shape index (κ2) is 8.36. The number of aromatic amines is 1. The van der Waals surface area contributed by atoms with E-state index in [1.54, 1.807) is 6.92 Å². The second-order valence-corrected chi connectivity index (χ2v) is 10.1. The molecule has 0 amide bonds. The lowest BCUT2D eigenvalue weighted by atomic mass is 10.0. The smallest absolute Gasteiger partial charge is 0.194 e. The van der Waals surface area contributed by atoms with Gasteiger partial charge in [0.05, 0.1) is 10.8 Å². The number of hydrogen-bond acceptors (Lipinski definition) is 4. The molecule has 0 atom stereocenters. The Morgan fingerprint density at radius 3 is 2.17 bits per heavy atom. The Balaban J connectivity index is 1.73. The van der Waals surface area contributed by atoms with Gasteiger partial charge in [-0.2, -0.15) is 0 Å². The first-order valence-corrected chi connectivity index (χ1v) is 12.2. The minimum atomic E-state index is -3.47. The van der Waals surface area contributed by atoms with Crippen molar-refractivity contribution in [1.82, 2.24) is 4.98 Å². The summed E-state index contributed by atoms with van der Waals surface area (Å²) in [5.74, 6) is 0.788. The van der Waals surface area contributed by atoms with E-state index in [9.17, 15) is 8.42 Å². The second-order valence-electron chi connectivity index (χ2n) is 7.52. The van der Waals surface area contributed by atoms with Crippen molar-refractivity contribution in [2.24, 2.45) is 0 Å². The van der Waals surface area contributed by atoms with Crippen LogP contribution >= 0.6 is 11.6 Å². The predicted octanol–water partition coefficient (Wildman–Crippen LogP) is 4.76. The molecular weight excluding hydrogens is 418 g/mol. The highest BCUT2D eigenvalue weighted by Gasteiger charge is 2.29. The Hall–Kier alpha value is -2.44. The number of sulfone groups is 1. The van der Waals surface area contributed by atoms with Gasteiger partial charge in [-0.05, 0) is 30.2 Å². The molecule has 0 aliphatic carbocycles. The van der Waals surface area contributed by atoms with E-state index in [0.717, 1.165) is 48.7 Å². The summed E-state index contributed by atoms with van der Waals surface area (Å²) < 4.78 is 25.4. The molecule has 5 nitrogen and oxygen atoms in total. The first kappa shape index (κ1) is 20.8. The molecule has 0 bridgehead atoms. The van der Waals surface area contributed by atoms with Gasteiger partial charge in [-0.15, -0.1) is 0 Å². The van der Waals surface area contributed by atoms with Crippen LogP contribution in [0.25, 0.3) is 11.1 Å². The van der Waals surface area contributed by atoms with Crippen LogP contribution in [0.5, 0.6) is 0 Å². The zero-order chi connectivity index (χ0) is 21.3. The molecule has 0 radical (unpaired) electrons. The SMILES string of the molecule is CCS(=O)(=O)c1[nH]c(N2CCN(c3ccccc3)CC2)c(-c2ccccc2C)c1Cl. The number of benzene rings is 2. The number of para-hydroxylation sites is 1. The van der Waals surface area contributed by atoms with Crippen molar-refractivity contribution < 1.29 is 8.42 Å². The fraction of sp³-hybridized carbons (Fsp3) is 0.304. The maximum absolute atomic E-state index is 12.7. The topological polar surface area (TPSA) is 56.4 Å². The Kier molecular flexibility index (Phi) is 5.80. The number of aromatic nitrogens is 1. The van der Waals surface area contributed by atoms with E-state index in [-0.39, 0.29) is 15.8 Å². The van der Waals surface area contributed by atoms with Crippen LogP contribution in [0.2, 0.25) is 5.02 Å². The lowest BCUT2D eigenvalue weighted by molar-refractivity contribution is 0.593. The van der Waals surface area contributed by atoms with Crippen molar-refractivity contribution in [3.8, 4) is 11.1 Å². The van der Waals surface area contributed by atoms with Crippen molar-refractivity contribution >= 4 is 32.9 Å². The summed E-state index contributed by atoms with van der Waals surface area (Å²) in [5, 5.41) is 0.400. The molecule has 3 aromatic rings. The Labute approximate surface area is 183 Å². The van der Waals surface area contributed by atoms with Crippen LogP contribution in [0.1, 0.15) is 12.5 Å². The van der Waals surface area contributed by atoms with Gasteiger partial charge in [0, 0.05) is 37.4 Å². The average molecular weight is 444 g/mol. The minimum Gasteiger partial charge on any atom is -0.368 e. The molecule has 1 aliphatic rings. The van der Waals surface area contributed by atoms with E-state index < -0.39 is 9.84 Å². The molecule has 1 N–H and O–H groups in total. The monoisotopic (exact) mass is 443 g/mol. The van der Waals surface area contributed by atoms with Gasteiger partial charge >= 0.3 is 0 Å². The van der Waals surface area contributed by atoms with Crippen LogP contribution in [-0.4, -0.2) is 45.3 Å². The molecule has 0 unspecified atom stereocenters. The van der Waals surface area contributed by atoms with Gasteiger partial charge in [-0.3, -0.25) is 0 Å². The summed E-state index contributed by atoms with van der Waals surface area (Å²) >= 11 is 6.70. The number of aryl methyl sites for hydroxylation is 1. The third-order valence-electron chi connectivity index (χ3n) is 5.71. The van der Waals surface area contributed by atoms with Gasteiger partial charge < -0.3 is 14.8 Å². The summed E-state index contributed by atoms with van der Waals surface area (Å²) in [5.41, 5.74) is 3.99. The summed E-state index contributed by atoms with van der Waals surface area (Å²) in [6.45, 7) is 6.90. The van der Waals surface area contributed by atoms with Crippen LogP contribution < -0.4 is 9.80 Å². The van der Waals surface area contributed by atoms with Crippen molar-refractivity contribution in [3.63, 3.8) is 0 Å². The number of nitrogens with one attached hydrogen (secondary N) is 1. The third-order valence-corrected chi connectivity index (χ3v) is 7.89. The van der Waals surface area contributed by atoms with E-state index in [4.69, 9.17) is 11.6 Å². The van der Waals surface area contributed by atoms with Crippen LogP contribution in [0, 0.1) is 6.92 Å². The summed E-state index contributed by atoms with van der Waals surface area (Å²) in [6, 6.07) is 18.3. The Morgan fingerprint density at radius 2 is 1.53 bits per heavy atom. The maximum Gasteiger partial charge on any atom is 0.194 e. The summed E-state index contributed by atoms with van der Waals surface area (Å²) in [6.07, 6.45) is 0. The van der Waals surface area contributed by atoms with Gasteiger partial charge in [-0.1, -0.05) is 61.0 Å². The van der Waals surface area contributed by atoms with Gasteiger partial charge in [0.1, 0.15) is 5.82 Å². The molecule has 4 rings (SSSR count). The van der Waals surface area contributed by atoms with Crippen LogP contribution in [0.3, 0.4) is 0 Å². The standard InChI is InChI=1S/C23H26ClN3O2S/c1-3-30(28,29)23-21(24)20(19-12-8-7-9-17(19)2)22(25-23)27-15-13-26(14-16-27)18-10-5-4-6-11-18/h4-12,25H,3,13-16H2,1-2H3. The molecule has 0 saturated carbocycles. The highest BCUT2D eigenvalue weighted by molar-refractivity contribution is 7.91. The Bertz CT molecular complexity index is 1130. The van der Waals surface area contributed by atoms with Crippen LogP contribution in [0.15, 0.2) is 59.6 Å². The zero-order valence-corrected chi connectivity index (χ0v) is 18.8. The van der Waals surface area contributed by atoms with Gasteiger partial charge in [0.15, 0.2) is 14.9 Å². The molecule has 0 spiro atoms. The number of rotatable bonds is 5. The molecule has 158 valence electrons. The highest BCUT2D eigenvalue weighted by Crippen LogP contribution is 2.43. The van der Waals surface area contributed by atoms with Crippen LogP contribution in [0.4, 0.5) is 11.5 Å². The van der Waals surface area contributed by atoms with E-state index in [1.807, 2.05) is 49.4 Å². The quantitative estimate of drug-likeness (QED) is 0.617. The summed E-state index contributed by atoms with van der Waals surface area (Å²) in [7, 11) is -3.47. The molecular formula is C23H26ClN3O2S. The van der Waals surface area contributed by atoms with Crippen molar-refractivity contribution in [2.75, 3.05) is 41.7 Å². The van der Waals surface area contributed by atoms with Crippen LogP contribution in [-0.2, 0) is 9.84 Å². The van der Waals surface area contributed by atoms with E-state index >= 15 is 0 Å². The molecule has 2 aromatic carbocycles. The molecule has 7 heteroatoms. The lowest BCUT2D eigenvalue weighted by Crippen LogP contribution is -2.46. The van der Waals surface area contributed by atoms with Crippen molar-refractivity contribution in [1.29, 1.82) is 0 Å². The lowest BCUT2D eigenvalue weighted by Gasteiger charge is -2.37. The maximum atomic E-state index is 12.7. The normalized spacial score (nSPS) is 14.9. The third kappa shape index (κ3) is 3.82. The molecule has 1 saturated heterocycles. The molecule has 2 heterocycles. The number of H-pyrrole nitrogens is 1. The largest absolute Gasteiger partial charge is 0.368 e.